The molecule has 2 heterocycles. The smallest absolute Gasteiger partial charge is 0.225 e. The van der Waals surface area contributed by atoms with E-state index in [1.165, 1.54) is 12.1 Å². The topological polar surface area (TPSA) is 59.0 Å². The zero-order chi connectivity index (χ0) is 15.4. The first-order valence-corrected chi connectivity index (χ1v) is 7.51. The van der Waals surface area contributed by atoms with Crippen LogP contribution in [0.5, 0.6) is 0 Å². The third kappa shape index (κ3) is 4.77. The Morgan fingerprint density at radius 3 is 3.04 bits per heavy atom. The van der Waals surface area contributed by atoms with Gasteiger partial charge in [-0.25, -0.2) is 4.39 Å². The number of nitrogens with zero attached hydrogens (tertiary/aromatic N) is 2. The third-order valence-electron chi connectivity index (χ3n) is 3.81. The van der Waals surface area contributed by atoms with Crippen LogP contribution in [0.15, 0.2) is 36.5 Å². The zero-order valence-corrected chi connectivity index (χ0v) is 13.5. The minimum atomic E-state index is -0.276. The van der Waals surface area contributed by atoms with E-state index in [2.05, 4.69) is 15.7 Å². The Morgan fingerprint density at radius 2 is 2.30 bits per heavy atom. The summed E-state index contributed by atoms with van der Waals surface area (Å²) in [6.45, 7) is 1.91. The van der Waals surface area contributed by atoms with Crippen LogP contribution in [-0.2, 0) is 11.2 Å². The van der Waals surface area contributed by atoms with Gasteiger partial charge in [0.2, 0.25) is 5.91 Å². The van der Waals surface area contributed by atoms with Gasteiger partial charge in [0.1, 0.15) is 5.82 Å². The van der Waals surface area contributed by atoms with Gasteiger partial charge in [-0.1, -0.05) is 12.1 Å². The summed E-state index contributed by atoms with van der Waals surface area (Å²) in [6, 6.07) is 8.48. The molecular weight excluding hydrogens is 319 g/mol. The van der Waals surface area contributed by atoms with Crippen LogP contribution in [0.3, 0.4) is 0 Å². The Morgan fingerprint density at radius 1 is 1.43 bits per heavy atom. The number of hydrogen-bond acceptors (Lipinski definition) is 3. The molecular formula is C16H20ClFN4O. The molecule has 1 aliphatic rings. The Labute approximate surface area is 140 Å². The van der Waals surface area contributed by atoms with Gasteiger partial charge in [-0.05, 0) is 37.1 Å². The van der Waals surface area contributed by atoms with Crippen molar-refractivity contribution in [1.29, 1.82) is 0 Å². The van der Waals surface area contributed by atoms with Crippen molar-refractivity contribution in [2.75, 3.05) is 18.4 Å². The highest BCUT2D eigenvalue weighted by atomic mass is 35.5. The van der Waals surface area contributed by atoms with Gasteiger partial charge in [-0.3, -0.25) is 9.48 Å². The number of halogens is 2. The minimum absolute atomic E-state index is 0. The molecule has 3 rings (SSSR count). The summed E-state index contributed by atoms with van der Waals surface area (Å²) in [6.07, 6.45) is 3.76. The number of nitrogens with one attached hydrogen (secondary N) is 2. The molecule has 1 unspecified atom stereocenters. The number of carbonyl (C=O) groups excluding carboxylic acids is 1. The number of amides is 1. The third-order valence-corrected chi connectivity index (χ3v) is 3.81. The molecule has 124 valence electrons. The van der Waals surface area contributed by atoms with Crippen LogP contribution in [0.25, 0.3) is 0 Å². The summed E-state index contributed by atoms with van der Waals surface area (Å²) in [5, 5.41) is 10.5. The van der Waals surface area contributed by atoms with Gasteiger partial charge in [-0.2, -0.15) is 5.10 Å². The summed E-state index contributed by atoms with van der Waals surface area (Å²) in [4.78, 5) is 11.9. The van der Waals surface area contributed by atoms with Gasteiger partial charge in [0.15, 0.2) is 5.82 Å². The van der Waals surface area contributed by atoms with E-state index >= 15 is 0 Å². The van der Waals surface area contributed by atoms with E-state index in [-0.39, 0.29) is 24.1 Å². The molecule has 1 aliphatic heterocycles. The molecule has 0 radical (unpaired) electrons. The van der Waals surface area contributed by atoms with E-state index in [0.29, 0.717) is 24.7 Å². The zero-order valence-electron chi connectivity index (χ0n) is 12.7. The highest BCUT2D eigenvalue weighted by molar-refractivity contribution is 5.89. The average Bonchev–Trinajstić information content (AvgIpc) is 3.16. The molecule has 0 spiro atoms. The molecule has 2 aromatic rings. The van der Waals surface area contributed by atoms with E-state index in [0.717, 1.165) is 25.1 Å². The summed E-state index contributed by atoms with van der Waals surface area (Å²) >= 11 is 0. The number of rotatable bonds is 5. The van der Waals surface area contributed by atoms with Crippen LogP contribution in [0.2, 0.25) is 0 Å². The maximum atomic E-state index is 13.1. The molecule has 0 bridgehead atoms. The first kappa shape index (κ1) is 17.4. The number of anilines is 1. The molecule has 2 N–H and O–H groups in total. The SMILES string of the molecule is Cl.O=C(CCc1cccc(F)c1)Nc1ccn(C2CCNC2)n1. The maximum Gasteiger partial charge on any atom is 0.225 e. The van der Waals surface area contributed by atoms with Crippen LogP contribution >= 0.6 is 12.4 Å². The monoisotopic (exact) mass is 338 g/mol. The molecule has 1 aromatic carbocycles. The molecule has 1 fully saturated rings. The van der Waals surface area contributed by atoms with E-state index in [1.54, 1.807) is 12.1 Å². The minimum Gasteiger partial charge on any atom is -0.315 e. The van der Waals surface area contributed by atoms with Crippen molar-refractivity contribution < 1.29 is 9.18 Å². The normalized spacial score (nSPS) is 16.8. The van der Waals surface area contributed by atoms with Crippen LogP contribution < -0.4 is 10.6 Å². The predicted octanol–water partition coefficient (Wildman–Crippen LogP) is 2.55. The molecule has 1 atom stereocenters. The number of carbonyl (C=O) groups is 1. The van der Waals surface area contributed by atoms with Crippen molar-refractivity contribution in [3.8, 4) is 0 Å². The molecule has 23 heavy (non-hydrogen) atoms. The van der Waals surface area contributed by atoms with Gasteiger partial charge >= 0.3 is 0 Å². The Bertz CT molecular complexity index is 655. The van der Waals surface area contributed by atoms with E-state index < -0.39 is 0 Å². The van der Waals surface area contributed by atoms with Crippen molar-refractivity contribution in [3.05, 3.63) is 47.9 Å². The van der Waals surface area contributed by atoms with E-state index in [4.69, 9.17) is 0 Å². The van der Waals surface area contributed by atoms with Gasteiger partial charge < -0.3 is 10.6 Å². The lowest BCUT2D eigenvalue weighted by Gasteiger charge is -2.08. The van der Waals surface area contributed by atoms with Crippen molar-refractivity contribution in [1.82, 2.24) is 15.1 Å². The summed E-state index contributed by atoms with van der Waals surface area (Å²) in [7, 11) is 0. The standard InChI is InChI=1S/C16H19FN4O.ClH/c17-13-3-1-2-12(10-13)4-5-16(22)19-15-7-9-21(20-15)14-6-8-18-11-14;/h1-3,7,9-10,14,18H,4-6,8,11H2,(H,19,20,22);1H. The predicted molar refractivity (Wildman–Crippen MR) is 89.3 cm³/mol. The molecule has 1 saturated heterocycles. The Kier molecular flexibility index (Phi) is 6.12. The molecule has 5 nitrogen and oxygen atoms in total. The molecule has 0 aliphatic carbocycles. The molecule has 1 aromatic heterocycles. The highest BCUT2D eigenvalue weighted by Crippen LogP contribution is 2.16. The second kappa shape index (κ2) is 8.08. The molecule has 1 amide bonds. The maximum absolute atomic E-state index is 13.1. The Balaban J connectivity index is 0.00000192. The van der Waals surface area contributed by atoms with Gasteiger partial charge in [0, 0.05) is 25.2 Å². The number of hydrogen-bond donors (Lipinski definition) is 2. The number of benzene rings is 1. The van der Waals surface area contributed by atoms with Crippen molar-refractivity contribution in [2.24, 2.45) is 0 Å². The fraction of sp³-hybridized carbons (Fsp3) is 0.375. The van der Waals surface area contributed by atoms with E-state index in [1.807, 2.05) is 16.9 Å². The van der Waals surface area contributed by atoms with E-state index in [9.17, 15) is 9.18 Å². The first-order valence-electron chi connectivity index (χ1n) is 7.51. The first-order chi connectivity index (χ1) is 10.7. The summed E-state index contributed by atoms with van der Waals surface area (Å²) in [5.74, 6) is 0.178. The lowest BCUT2D eigenvalue weighted by atomic mass is 10.1. The fourth-order valence-corrected chi connectivity index (χ4v) is 2.63. The number of aryl methyl sites for hydroxylation is 1. The molecule has 7 heteroatoms. The van der Waals surface area contributed by atoms with Crippen molar-refractivity contribution >= 4 is 24.1 Å². The van der Waals surface area contributed by atoms with Crippen LogP contribution in [0.4, 0.5) is 10.2 Å². The van der Waals surface area contributed by atoms with Crippen LogP contribution in [0.1, 0.15) is 24.4 Å². The highest BCUT2D eigenvalue weighted by Gasteiger charge is 2.17. The quantitative estimate of drug-likeness (QED) is 0.881. The van der Waals surface area contributed by atoms with Crippen LogP contribution in [-0.4, -0.2) is 28.8 Å². The average molecular weight is 339 g/mol. The van der Waals surface area contributed by atoms with Crippen molar-refractivity contribution in [2.45, 2.75) is 25.3 Å². The van der Waals surface area contributed by atoms with Gasteiger partial charge in [-0.15, -0.1) is 12.4 Å². The largest absolute Gasteiger partial charge is 0.315 e. The van der Waals surface area contributed by atoms with Crippen LogP contribution in [0, 0.1) is 5.82 Å². The fourth-order valence-electron chi connectivity index (χ4n) is 2.63. The lowest BCUT2D eigenvalue weighted by Crippen LogP contribution is -2.16. The lowest BCUT2D eigenvalue weighted by molar-refractivity contribution is -0.116. The Hall–Kier alpha value is -1.92. The summed E-state index contributed by atoms with van der Waals surface area (Å²) in [5.41, 5.74) is 0.817. The van der Waals surface area contributed by atoms with Gasteiger partial charge in [0.05, 0.1) is 6.04 Å². The molecule has 0 saturated carbocycles. The van der Waals surface area contributed by atoms with Gasteiger partial charge in [0.25, 0.3) is 0 Å². The van der Waals surface area contributed by atoms with Crippen molar-refractivity contribution in [3.63, 3.8) is 0 Å². The second-order valence-corrected chi connectivity index (χ2v) is 5.51. The number of aromatic nitrogens is 2. The second-order valence-electron chi connectivity index (χ2n) is 5.51. The summed E-state index contributed by atoms with van der Waals surface area (Å²) < 4.78 is 15.0.